The van der Waals surface area contributed by atoms with Crippen molar-refractivity contribution >= 4 is 23.4 Å². The molecule has 0 aromatic heterocycles. The van der Waals surface area contributed by atoms with E-state index < -0.39 is 11.3 Å². The third kappa shape index (κ3) is 1.76. The van der Waals surface area contributed by atoms with E-state index in [1.165, 1.54) is 6.92 Å². The average molecular weight is 187 g/mol. The lowest BCUT2D eigenvalue weighted by atomic mass is 9.97. The molecule has 0 aliphatic carbocycles. The van der Waals surface area contributed by atoms with Crippen molar-refractivity contribution in [2.75, 3.05) is 11.5 Å². The van der Waals surface area contributed by atoms with Crippen LogP contribution in [0.25, 0.3) is 0 Å². The molecule has 0 bridgehead atoms. The molecule has 1 aliphatic heterocycles. The van der Waals surface area contributed by atoms with Gasteiger partial charge in [-0.15, -0.1) is 0 Å². The minimum Gasteiger partial charge on any atom is -0.188 e. The summed E-state index contributed by atoms with van der Waals surface area (Å²) in [5.41, 5.74) is 0. The molecule has 10 heavy (non-hydrogen) atoms. The number of alkyl halides is 3. The zero-order chi connectivity index (χ0) is 7.78. The summed E-state index contributed by atoms with van der Waals surface area (Å²) in [6.07, 6.45) is 0. The zero-order valence-corrected chi connectivity index (χ0v) is 7.18. The smallest absolute Gasteiger partial charge is 0.188 e. The maximum Gasteiger partial charge on any atom is 0.324 e. The van der Waals surface area contributed by atoms with E-state index in [9.17, 15) is 8.78 Å². The lowest BCUT2D eigenvalue weighted by molar-refractivity contribution is 0.0158. The summed E-state index contributed by atoms with van der Waals surface area (Å²) in [5.74, 6) is 1.13. The first kappa shape index (κ1) is 8.60. The van der Waals surface area contributed by atoms with E-state index in [1.807, 2.05) is 0 Å². The Morgan fingerprint density at radius 1 is 1.60 bits per heavy atom. The fraction of sp³-hybridized carbons (Fsp3) is 1.00. The molecule has 1 heterocycles. The topological polar surface area (TPSA) is 0 Å². The summed E-state index contributed by atoms with van der Waals surface area (Å²) in [5, 5.41) is -3.01. The number of hydrogen-bond acceptors (Lipinski definition) is 1. The third-order valence-corrected chi connectivity index (χ3v) is 3.56. The Labute approximate surface area is 68.3 Å². The van der Waals surface area contributed by atoms with Crippen molar-refractivity contribution in [3.63, 3.8) is 0 Å². The molecule has 0 saturated carbocycles. The van der Waals surface area contributed by atoms with Crippen LogP contribution in [0.4, 0.5) is 8.78 Å². The van der Waals surface area contributed by atoms with Gasteiger partial charge in [-0.25, -0.2) is 0 Å². The normalized spacial score (nSPS) is 24.0. The van der Waals surface area contributed by atoms with Gasteiger partial charge in [0.25, 0.3) is 0 Å². The van der Waals surface area contributed by atoms with E-state index in [4.69, 9.17) is 11.6 Å². The SMILES string of the molecule is CC(C1CSC1)C(F)(F)Cl. The summed E-state index contributed by atoms with van der Waals surface area (Å²) >= 11 is 6.55. The second-order valence-electron chi connectivity index (χ2n) is 2.63. The first-order valence-corrected chi connectivity index (χ1v) is 4.69. The van der Waals surface area contributed by atoms with E-state index in [2.05, 4.69) is 0 Å². The van der Waals surface area contributed by atoms with Gasteiger partial charge in [0.05, 0.1) is 0 Å². The van der Waals surface area contributed by atoms with Crippen LogP contribution in [0, 0.1) is 11.8 Å². The Hall–Kier alpha value is 0.500. The van der Waals surface area contributed by atoms with Crippen molar-refractivity contribution in [1.29, 1.82) is 0 Å². The third-order valence-electron chi connectivity index (χ3n) is 1.89. The maximum atomic E-state index is 12.3. The zero-order valence-electron chi connectivity index (χ0n) is 5.61. The van der Waals surface area contributed by atoms with Gasteiger partial charge in [0.1, 0.15) is 0 Å². The second kappa shape index (κ2) is 2.86. The van der Waals surface area contributed by atoms with Crippen LogP contribution in [0.15, 0.2) is 0 Å². The molecule has 0 N–H and O–H groups in total. The van der Waals surface area contributed by atoms with E-state index >= 15 is 0 Å². The maximum absolute atomic E-state index is 12.3. The van der Waals surface area contributed by atoms with Crippen LogP contribution in [0.2, 0.25) is 0 Å². The molecule has 60 valence electrons. The van der Waals surface area contributed by atoms with Gasteiger partial charge in [-0.1, -0.05) is 6.92 Å². The van der Waals surface area contributed by atoms with E-state index in [0.717, 1.165) is 11.5 Å². The van der Waals surface area contributed by atoms with Crippen LogP contribution in [-0.2, 0) is 0 Å². The Morgan fingerprint density at radius 3 is 2.20 bits per heavy atom. The Balaban J connectivity index is 2.39. The molecular weight excluding hydrogens is 178 g/mol. The number of thioether (sulfide) groups is 1. The van der Waals surface area contributed by atoms with Crippen LogP contribution < -0.4 is 0 Å². The van der Waals surface area contributed by atoms with Crippen molar-refractivity contribution in [2.45, 2.75) is 12.3 Å². The lowest BCUT2D eigenvalue weighted by Gasteiger charge is -2.32. The molecule has 0 aromatic rings. The van der Waals surface area contributed by atoms with Gasteiger partial charge in [0.2, 0.25) is 0 Å². The van der Waals surface area contributed by atoms with Gasteiger partial charge in [-0.3, -0.25) is 0 Å². The highest BCUT2D eigenvalue weighted by atomic mass is 35.5. The molecule has 1 saturated heterocycles. The molecule has 1 aliphatic rings. The fourth-order valence-corrected chi connectivity index (χ4v) is 2.07. The molecule has 1 unspecified atom stereocenters. The van der Waals surface area contributed by atoms with Crippen molar-refractivity contribution in [3.8, 4) is 0 Å². The summed E-state index contributed by atoms with van der Waals surface area (Å²) in [7, 11) is 0. The average Bonchev–Trinajstić information content (AvgIpc) is 1.57. The number of halogens is 3. The van der Waals surface area contributed by atoms with E-state index in [1.54, 1.807) is 11.8 Å². The van der Waals surface area contributed by atoms with Gasteiger partial charge < -0.3 is 0 Å². The molecule has 0 radical (unpaired) electrons. The molecule has 1 fully saturated rings. The Bertz CT molecular complexity index is 119. The first-order valence-electron chi connectivity index (χ1n) is 3.16. The van der Waals surface area contributed by atoms with Crippen molar-refractivity contribution < 1.29 is 8.78 Å². The molecule has 0 nitrogen and oxygen atoms in total. The van der Waals surface area contributed by atoms with Gasteiger partial charge in [0.15, 0.2) is 0 Å². The summed E-state index contributed by atoms with van der Waals surface area (Å²) < 4.78 is 24.7. The first-order chi connectivity index (χ1) is 4.52. The van der Waals surface area contributed by atoms with Gasteiger partial charge in [-0.05, 0) is 29.0 Å². The fourth-order valence-electron chi connectivity index (χ4n) is 0.810. The molecular formula is C6H9ClF2S. The van der Waals surface area contributed by atoms with E-state index in [-0.39, 0.29) is 5.92 Å². The quantitative estimate of drug-likeness (QED) is 0.598. The highest BCUT2D eigenvalue weighted by molar-refractivity contribution is 8.00. The largest absolute Gasteiger partial charge is 0.324 e. The standard InChI is InChI=1S/C6H9ClF2S/c1-4(6(7,8)9)5-2-10-3-5/h4-5H,2-3H2,1H3. The van der Waals surface area contributed by atoms with Gasteiger partial charge in [0, 0.05) is 5.92 Å². The molecule has 1 rings (SSSR count). The molecule has 0 amide bonds. The van der Waals surface area contributed by atoms with Gasteiger partial charge in [-0.2, -0.15) is 20.5 Å². The van der Waals surface area contributed by atoms with Crippen LogP contribution >= 0.6 is 23.4 Å². The monoisotopic (exact) mass is 186 g/mol. The molecule has 1 atom stereocenters. The highest BCUT2D eigenvalue weighted by Crippen LogP contribution is 2.41. The van der Waals surface area contributed by atoms with Crippen LogP contribution in [0.1, 0.15) is 6.92 Å². The molecule has 0 spiro atoms. The Kier molecular flexibility index (Phi) is 2.46. The summed E-state index contributed by atoms with van der Waals surface area (Å²) in [6, 6.07) is 0. The predicted octanol–water partition coefficient (Wildman–Crippen LogP) is 2.82. The van der Waals surface area contributed by atoms with Crippen LogP contribution in [0.3, 0.4) is 0 Å². The predicted molar refractivity (Wildman–Crippen MR) is 40.8 cm³/mol. The van der Waals surface area contributed by atoms with E-state index in [0.29, 0.717) is 0 Å². The second-order valence-corrected chi connectivity index (χ2v) is 4.21. The number of hydrogen-bond donors (Lipinski definition) is 0. The van der Waals surface area contributed by atoms with Crippen LogP contribution in [-0.4, -0.2) is 16.9 Å². The van der Waals surface area contributed by atoms with Crippen molar-refractivity contribution in [2.24, 2.45) is 11.8 Å². The minimum atomic E-state index is -3.01. The lowest BCUT2D eigenvalue weighted by Crippen LogP contribution is -2.34. The number of rotatable bonds is 2. The Morgan fingerprint density at radius 2 is 2.10 bits per heavy atom. The van der Waals surface area contributed by atoms with Gasteiger partial charge >= 0.3 is 5.38 Å². The van der Waals surface area contributed by atoms with Crippen molar-refractivity contribution in [1.82, 2.24) is 0 Å². The summed E-state index contributed by atoms with van der Waals surface area (Å²) in [4.78, 5) is 0. The minimum absolute atomic E-state index is 0.123. The highest BCUT2D eigenvalue weighted by Gasteiger charge is 2.41. The van der Waals surface area contributed by atoms with Crippen molar-refractivity contribution in [3.05, 3.63) is 0 Å². The molecule has 4 heteroatoms. The molecule has 0 aromatic carbocycles. The van der Waals surface area contributed by atoms with Crippen LogP contribution in [0.5, 0.6) is 0 Å². The summed E-state index contributed by atoms with van der Waals surface area (Å²) in [6.45, 7) is 1.51.